The summed E-state index contributed by atoms with van der Waals surface area (Å²) in [5, 5.41) is 18.6. The standard InChI is InChI=1S/C23H29NO3/c1-18(20-10-8-19(17-26)9-11-20)24-14-13-23(12-5-15-25,16-22(24)27)21-6-3-2-4-7-21/h2-4,6-11,18,25-26H,5,12-17H2,1H3/t18-,23?/m0/s1. The minimum atomic E-state index is -0.183. The van der Waals surface area contributed by atoms with Gasteiger partial charge in [-0.3, -0.25) is 4.79 Å². The number of hydrogen-bond donors (Lipinski definition) is 2. The van der Waals surface area contributed by atoms with Crippen molar-refractivity contribution in [3.05, 3.63) is 71.3 Å². The van der Waals surface area contributed by atoms with Gasteiger partial charge in [0.25, 0.3) is 0 Å². The maximum atomic E-state index is 13.1. The van der Waals surface area contributed by atoms with Crippen molar-refractivity contribution in [2.24, 2.45) is 0 Å². The molecule has 4 heteroatoms. The first-order valence-corrected chi connectivity index (χ1v) is 9.75. The first kappa shape index (κ1) is 19.6. The Morgan fingerprint density at radius 1 is 1.07 bits per heavy atom. The molecule has 1 unspecified atom stereocenters. The summed E-state index contributed by atoms with van der Waals surface area (Å²) in [5.74, 6) is 0.168. The third-order valence-corrected chi connectivity index (χ3v) is 5.95. The second-order valence-corrected chi connectivity index (χ2v) is 7.56. The number of nitrogens with zero attached hydrogens (tertiary/aromatic N) is 1. The van der Waals surface area contributed by atoms with Gasteiger partial charge in [0, 0.05) is 25.0 Å². The van der Waals surface area contributed by atoms with Crippen molar-refractivity contribution < 1.29 is 15.0 Å². The molecule has 0 bridgehead atoms. The molecular weight excluding hydrogens is 338 g/mol. The minimum Gasteiger partial charge on any atom is -0.396 e. The van der Waals surface area contributed by atoms with E-state index in [0.717, 1.165) is 24.0 Å². The summed E-state index contributed by atoms with van der Waals surface area (Å²) in [6, 6.07) is 18.1. The Morgan fingerprint density at radius 3 is 2.37 bits per heavy atom. The van der Waals surface area contributed by atoms with E-state index in [4.69, 9.17) is 0 Å². The second-order valence-electron chi connectivity index (χ2n) is 7.56. The summed E-state index contributed by atoms with van der Waals surface area (Å²) >= 11 is 0. The molecular formula is C23H29NO3. The van der Waals surface area contributed by atoms with E-state index in [1.807, 2.05) is 47.4 Å². The van der Waals surface area contributed by atoms with E-state index < -0.39 is 0 Å². The summed E-state index contributed by atoms with van der Waals surface area (Å²) in [6.07, 6.45) is 2.92. The van der Waals surface area contributed by atoms with Crippen LogP contribution in [-0.4, -0.2) is 34.2 Å². The first-order chi connectivity index (χ1) is 13.1. The number of aliphatic hydroxyl groups excluding tert-OH is 2. The fourth-order valence-electron chi connectivity index (χ4n) is 4.24. The molecule has 144 valence electrons. The van der Waals surface area contributed by atoms with Crippen molar-refractivity contribution in [1.82, 2.24) is 4.90 Å². The highest BCUT2D eigenvalue weighted by molar-refractivity contribution is 5.79. The molecule has 0 radical (unpaired) electrons. The monoisotopic (exact) mass is 367 g/mol. The molecule has 0 saturated carbocycles. The minimum absolute atomic E-state index is 0.0110. The number of likely N-dealkylation sites (tertiary alicyclic amines) is 1. The van der Waals surface area contributed by atoms with Crippen molar-refractivity contribution >= 4 is 5.91 Å². The molecule has 3 rings (SSSR count). The molecule has 2 N–H and O–H groups in total. The molecule has 1 saturated heterocycles. The summed E-state index contributed by atoms with van der Waals surface area (Å²) < 4.78 is 0. The average molecular weight is 367 g/mol. The Balaban J connectivity index is 1.78. The van der Waals surface area contributed by atoms with Gasteiger partial charge in [-0.15, -0.1) is 0 Å². The number of hydrogen-bond acceptors (Lipinski definition) is 3. The Bertz CT molecular complexity index is 744. The van der Waals surface area contributed by atoms with Crippen LogP contribution in [0.5, 0.6) is 0 Å². The van der Waals surface area contributed by atoms with Gasteiger partial charge >= 0.3 is 0 Å². The fraction of sp³-hybridized carbons (Fsp3) is 0.435. The SMILES string of the molecule is C[C@@H](c1ccc(CO)cc1)N1CCC(CCCO)(c2ccccc2)CC1=O. The number of piperidine rings is 1. The normalized spacial score (nSPS) is 21.3. The highest BCUT2D eigenvalue weighted by atomic mass is 16.3. The number of carbonyl (C=O) groups excluding carboxylic acids is 1. The molecule has 4 nitrogen and oxygen atoms in total. The fourth-order valence-corrected chi connectivity index (χ4v) is 4.24. The van der Waals surface area contributed by atoms with Crippen molar-refractivity contribution in [3.8, 4) is 0 Å². The molecule has 0 aliphatic carbocycles. The maximum absolute atomic E-state index is 13.1. The Morgan fingerprint density at radius 2 is 1.78 bits per heavy atom. The molecule has 1 amide bonds. The number of carbonyl (C=O) groups is 1. The zero-order valence-corrected chi connectivity index (χ0v) is 16.0. The third-order valence-electron chi connectivity index (χ3n) is 5.95. The van der Waals surface area contributed by atoms with E-state index in [1.165, 1.54) is 5.56 Å². The van der Waals surface area contributed by atoms with Crippen LogP contribution < -0.4 is 0 Å². The van der Waals surface area contributed by atoms with Gasteiger partial charge in [-0.05, 0) is 42.9 Å². The molecule has 2 aromatic carbocycles. The van der Waals surface area contributed by atoms with E-state index in [9.17, 15) is 15.0 Å². The number of rotatable bonds is 7. The summed E-state index contributed by atoms with van der Waals surface area (Å²) in [7, 11) is 0. The number of amides is 1. The topological polar surface area (TPSA) is 60.8 Å². The van der Waals surface area contributed by atoms with Crippen molar-refractivity contribution in [1.29, 1.82) is 0 Å². The van der Waals surface area contributed by atoms with Gasteiger partial charge in [-0.2, -0.15) is 0 Å². The number of aliphatic hydroxyl groups is 2. The zero-order valence-electron chi connectivity index (χ0n) is 16.0. The smallest absolute Gasteiger partial charge is 0.223 e. The van der Waals surface area contributed by atoms with Crippen molar-refractivity contribution in [2.45, 2.75) is 50.7 Å². The van der Waals surface area contributed by atoms with E-state index in [0.29, 0.717) is 19.4 Å². The van der Waals surface area contributed by atoms with Crippen LogP contribution in [0.3, 0.4) is 0 Å². The van der Waals surface area contributed by atoms with Gasteiger partial charge in [0.15, 0.2) is 0 Å². The van der Waals surface area contributed by atoms with Crippen LogP contribution in [0, 0.1) is 0 Å². The van der Waals surface area contributed by atoms with Gasteiger partial charge in [-0.25, -0.2) is 0 Å². The van der Waals surface area contributed by atoms with Gasteiger partial charge < -0.3 is 15.1 Å². The van der Waals surface area contributed by atoms with Crippen LogP contribution in [0.15, 0.2) is 54.6 Å². The Hall–Kier alpha value is -2.17. The van der Waals surface area contributed by atoms with Crippen LogP contribution in [0.1, 0.15) is 55.3 Å². The molecule has 2 aromatic rings. The van der Waals surface area contributed by atoms with Gasteiger partial charge in [0.2, 0.25) is 5.91 Å². The molecule has 1 fully saturated rings. The Labute approximate surface area is 161 Å². The molecule has 2 atom stereocenters. The first-order valence-electron chi connectivity index (χ1n) is 9.75. The summed E-state index contributed by atoms with van der Waals surface area (Å²) in [4.78, 5) is 15.1. The van der Waals surface area contributed by atoms with Crippen LogP contribution in [-0.2, 0) is 16.8 Å². The predicted molar refractivity (Wildman–Crippen MR) is 106 cm³/mol. The quantitative estimate of drug-likeness (QED) is 0.786. The molecule has 0 aromatic heterocycles. The van der Waals surface area contributed by atoms with Gasteiger partial charge in [-0.1, -0.05) is 54.6 Å². The van der Waals surface area contributed by atoms with Gasteiger partial charge in [0.05, 0.1) is 12.6 Å². The molecule has 27 heavy (non-hydrogen) atoms. The van der Waals surface area contributed by atoms with Crippen LogP contribution in [0.25, 0.3) is 0 Å². The average Bonchev–Trinajstić information content (AvgIpc) is 2.72. The Kier molecular flexibility index (Phi) is 6.30. The number of benzene rings is 2. The van der Waals surface area contributed by atoms with Crippen LogP contribution in [0.4, 0.5) is 0 Å². The van der Waals surface area contributed by atoms with Crippen LogP contribution >= 0.6 is 0 Å². The third kappa shape index (κ3) is 4.23. The largest absolute Gasteiger partial charge is 0.396 e. The lowest BCUT2D eigenvalue weighted by Gasteiger charge is -2.44. The highest BCUT2D eigenvalue weighted by Crippen LogP contribution is 2.41. The lowest BCUT2D eigenvalue weighted by Crippen LogP contribution is -2.47. The maximum Gasteiger partial charge on any atom is 0.223 e. The molecule has 1 aliphatic heterocycles. The van der Waals surface area contributed by atoms with Crippen LogP contribution in [0.2, 0.25) is 0 Å². The van der Waals surface area contributed by atoms with Crippen molar-refractivity contribution in [2.75, 3.05) is 13.2 Å². The lowest BCUT2D eigenvalue weighted by molar-refractivity contribution is -0.138. The van der Waals surface area contributed by atoms with E-state index in [1.54, 1.807) is 0 Å². The van der Waals surface area contributed by atoms with Gasteiger partial charge in [0.1, 0.15) is 0 Å². The second kappa shape index (κ2) is 8.68. The lowest BCUT2D eigenvalue weighted by atomic mass is 9.69. The predicted octanol–water partition coefficient (Wildman–Crippen LogP) is 3.57. The zero-order chi connectivity index (χ0) is 19.3. The molecule has 0 spiro atoms. The van der Waals surface area contributed by atoms with E-state index >= 15 is 0 Å². The van der Waals surface area contributed by atoms with Crippen molar-refractivity contribution in [3.63, 3.8) is 0 Å². The van der Waals surface area contributed by atoms with E-state index in [-0.39, 0.29) is 30.6 Å². The summed E-state index contributed by atoms with van der Waals surface area (Å²) in [6.45, 7) is 2.96. The highest BCUT2D eigenvalue weighted by Gasteiger charge is 2.41. The molecule has 1 heterocycles. The molecule has 1 aliphatic rings. The van der Waals surface area contributed by atoms with E-state index in [2.05, 4.69) is 19.1 Å². The summed E-state index contributed by atoms with van der Waals surface area (Å²) in [5.41, 5.74) is 2.98.